The normalized spacial score (nSPS) is 11.6. The van der Waals surface area contributed by atoms with Crippen LogP contribution >= 0.6 is 0 Å². The number of amides is 1. The van der Waals surface area contributed by atoms with E-state index in [4.69, 9.17) is 5.73 Å². The molecule has 0 atom stereocenters. The summed E-state index contributed by atoms with van der Waals surface area (Å²) < 4.78 is 26.1. The third-order valence-electron chi connectivity index (χ3n) is 4.15. The summed E-state index contributed by atoms with van der Waals surface area (Å²) in [6.07, 6.45) is 6.29. The lowest BCUT2D eigenvalue weighted by atomic mass is 10.2. The number of anilines is 2. The largest absolute Gasteiger partial charge is 0.397 e. The number of benzene rings is 2. The van der Waals surface area contributed by atoms with Crippen LogP contribution in [0.2, 0.25) is 0 Å². The van der Waals surface area contributed by atoms with E-state index in [0.29, 0.717) is 23.4 Å². The van der Waals surface area contributed by atoms with Crippen LogP contribution in [0.25, 0.3) is 6.08 Å². The number of carbonyl (C=O) groups is 1. The fraction of sp³-hybridized carbons (Fsp3) is 0.0952. The Balaban J connectivity index is 1.62. The Hall–Kier alpha value is -3.32. The van der Waals surface area contributed by atoms with Gasteiger partial charge in [0.2, 0.25) is 15.9 Å². The standard InChI is InChI=1S/C21H21N3O3S/c22-19-8-4-5-9-20(19)23-21(25)11-10-18-12-14-24(16-18)28(26,27)15-13-17-6-2-1-3-7-17/h1-12,14,16H,13,15,22H2,(H,23,25)/b11-10+. The highest BCUT2D eigenvalue weighted by Crippen LogP contribution is 2.17. The second-order valence-corrected chi connectivity index (χ2v) is 8.23. The van der Waals surface area contributed by atoms with Crippen LogP contribution in [0.1, 0.15) is 11.1 Å². The van der Waals surface area contributed by atoms with E-state index in [0.717, 1.165) is 5.56 Å². The lowest BCUT2D eigenvalue weighted by Crippen LogP contribution is -2.16. The summed E-state index contributed by atoms with van der Waals surface area (Å²) in [6.45, 7) is 0. The summed E-state index contributed by atoms with van der Waals surface area (Å²) in [5.74, 6) is -0.347. The first kappa shape index (κ1) is 19.4. The van der Waals surface area contributed by atoms with Gasteiger partial charge in [-0.2, -0.15) is 0 Å². The van der Waals surface area contributed by atoms with E-state index in [1.807, 2.05) is 30.3 Å². The SMILES string of the molecule is Nc1ccccc1NC(=O)/C=C/c1ccn(S(=O)(=O)CCc2ccccc2)c1. The molecule has 0 aliphatic rings. The van der Waals surface area contributed by atoms with Crippen LogP contribution < -0.4 is 11.1 Å². The molecule has 3 N–H and O–H groups in total. The van der Waals surface area contributed by atoms with Gasteiger partial charge in [0.25, 0.3) is 0 Å². The van der Waals surface area contributed by atoms with Crippen molar-refractivity contribution in [2.45, 2.75) is 6.42 Å². The average Bonchev–Trinajstić information content (AvgIpc) is 3.18. The number of nitrogens with zero attached hydrogens (tertiary/aromatic N) is 1. The summed E-state index contributed by atoms with van der Waals surface area (Å²) in [7, 11) is -3.46. The molecule has 0 aliphatic carbocycles. The number of aromatic nitrogens is 1. The minimum absolute atomic E-state index is 0.00260. The van der Waals surface area contributed by atoms with Gasteiger partial charge in [-0.25, -0.2) is 8.42 Å². The molecule has 3 aromatic rings. The minimum Gasteiger partial charge on any atom is -0.397 e. The molecule has 0 aliphatic heterocycles. The van der Waals surface area contributed by atoms with Crippen LogP contribution in [0.5, 0.6) is 0 Å². The molecule has 0 radical (unpaired) electrons. The Morgan fingerprint density at radius 2 is 1.75 bits per heavy atom. The highest BCUT2D eigenvalue weighted by Gasteiger charge is 2.13. The Morgan fingerprint density at radius 3 is 2.50 bits per heavy atom. The van der Waals surface area contributed by atoms with Crippen LogP contribution in [0.15, 0.2) is 79.1 Å². The van der Waals surface area contributed by atoms with E-state index in [2.05, 4.69) is 5.32 Å². The van der Waals surface area contributed by atoms with Crippen molar-refractivity contribution in [3.8, 4) is 0 Å². The van der Waals surface area contributed by atoms with Gasteiger partial charge in [0, 0.05) is 18.5 Å². The lowest BCUT2D eigenvalue weighted by molar-refractivity contribution is -0.111. The number of rotatable bonds is 7. The zero-order chi connectivity index (χ0) is 20.0. The van der Waals surface area contributed by atoms with E-state index < -0.39 is 10.0 Å². The van der Waals surface area contributed by atoms with Crippen LogP contribution in [0.4, 0.5) is 11.4 Å². The first-order valence-electron chi connectivity index (χ1n) is 8.73. The van der Waals surface area contributed by atoms with Crippen molar-refractivity contribution < 1.29 is 13.2 Å². The van der Waals surface area contributed by atoms with Crippen LogP contribution in [0, 0.1) is 0 Å². The molecule has 0 fully saturated rings. The Labute approximate surface area is 164 Å². The van der Waals surface area contributed by atoms with Gasteiger partial charge >= 0.3 is 0 Å². The first-order chi connectivity index (χ1) is 13.4. The quantitative estimate of drug-likeness (QED) is 0.475. The number of nitrogens with two attached hydrogens (primary N) is 1. The van der Waals surface area contributed by atoms with E-state index in [-0.39, 0.29) is 11.7 Å². The van der Waals surface area contributed by atoms with Gasteiger partial charge in [0.05, 0.1) is 17.1 Å². The lowest BCUT2D eigenvalue weighted by Gasteiger charge is -2.05. The number of carbonyl (C=O) groups excluding carboxylic acids is 1. The number of hydrogen-bond acceptors (Lipinski definition) is 4. The number of hydrogen-bond donors (Lipinski definition) is 2. The van der Waals surface area contributed by atoms with Gasteiger partial charge in [-0.1, -0.05) is 42.5 Å². The molecule has 1 aromatic heterocycles. The topological polar surface area (TPSA) is 94.2 Å². The van der Waals surface area contributed by atoms with E-state index in [9.17, 15) is 13.2 Å². The highest BCUT2D eigenvalue weighted by molar-refractivity contribution is 7.89. The summed E-state index contributed by atoms with van der Waals surface area (Å²) in [4.78, 5) is 12.0. The summed E-state index contributed by atoms with van der Waals surface area (Å²) in [5.41, 5.74) is 8.37. The molecule has 1 amide bonds. The molecule has 1 heterocycles. The third-order valence-corrected chi connectivity index (χ3v) is 5.74. The molecule has 3 rings (SSSR count). The van der Waals surface area contributed by atoms with Crippen LogP contribution in [-0.4, -0.2) is 24.1 Å². The molecular formula is C21H21N3O3S. The second-order valence-electron chi connectivity index (χ2n) is 6.24. The van der Waals surface area contributed by atoms with Crippen LogP contribution in [-0.2, 0) is 21.2 Å². The van der Waals surface area contributed by atoms with Gasteiger partial charge < -0.3 is 11.1 Å². The number of para-hydroxylation sites is 2. The second kappa shape index (κ2) is 8.58. The van der Waals surface area contributed by atoms with Crippen molar-refractivity contribution in [3.63, 3.8) is 0 Å². The van der Waals surface area contributed by atoms with Gasteiger partial charge in [-0.15, -0.1) is 0 Å². The molecule has 0 spiro atoms. The minimum atomic E-state index is -3.46. The van der Waals surface area contributed by atoms with Gasteiger partial charge in [-0.3, -0.25) is 8.77 Å². The zero-order valence-corrected chi connectivity index (χ0v) is 16.0. The number of aryl methyl sites for hydroxylation is 1. The highest BCUT2D eigenvalue weighted by atomic mass is 32.2. The fourth-order valence-electron chi connectivity index (χ4n) is 2.62. The Bertz CT molecular complexity index is 1090. The van der Waals surface area contributed by atoms with Crippen molar-refractivity contribution in [2.75, 3.05) is 16.8 Å². The summed E-state index contributed by atoms with van der Waals surface area (Å²) >= 11 is 0. The maximum Gasteiger partial charge on any atom is 0.248 e. The molecule has 0 unspecified atom stereocenters. The monoisotopic (exact) mass is 395 g/mol. The molecule has 6 nitrogen and oxygen atoms in total. The molecule has 0 saturated carbocycles. The maximum absolute atomic E-state index is 12.5. The number of nitrogen functional groups attached to an aromatic ring is 1. The Morgan fingerprint density at radius 1 is 1.04 bits per heavy atom. The van der Waals surface area contributed by atoms with Crippen molar-refractivity contribution in [1.82, 2.24) is 3.97 Å². The smallest absolute Gasteiger partial charge is 0.248 e. The molecule has 7 heteroatoms. The zero-order valence-electron chi connectivity index (χ0n) is 15.2. The van der Waals surface area contributed by atoms with Gasteiger partial charge in [0.1, 0.15) is 0 Å². The van der Waals surface area contributed by atoms with E-state index >= 15 is 0 Å². The Kier molecular flexibility index (Phi) is 5.96. The van der Waals surface area contributed by atoms with Crippen molar-refractivity contribution in [2.24, 2.45) is 0 Å². The third kappa shape index (κ3) is 5.11. The van der Waals surface area contributed by atoms with Gasteiger partial charge in [0.15, 0.2) is 0 Å². The van der Waals surface area contributed by atoms with E-state index in [1.54, 1.807) is 36.4 Å². The summed E-state index contributed by atoms with van der Waals surface area (Å²) in [5, 5.41) is 2.68. The first-order valence-corrected chi connectivity index (χ1v) is 10.3. The molecule has 28 heavy (non-hydrogen) atoms. The molecule has 144 valence electrons. The average molecular weight is 395 g/mol. The molecular weight excluding hydrogens is 374 g/mol. The maximum atomic E-state index is 12.5. The molecule has 2 aromatic carbocycles. The van der Waals surface area contributed by atoms with E-state index in [1.165, 1.54) is 22.4 Å². The predicted molar refractivity (Wildman–Crippen MR) is 112 cm³/mol. The number of nitrogens with one attached hydrogen (secondary N) is 1. The molecule has 0 saturated heterocycles. The van der Waals surface area contributed by atoms with Crippen molar-refractivity contribution in [3.05, 3.63) is 90.3 Å². The van der Waals surface area contributed by atoms with Crippen molar-refractivity contribution >= 4 is 33.4 Å². The predicted octanol–water partition coefficient (Wildman–Crippen LogP) is 3.14. The van der Waals surface area contributed by atoms with Crippen LogP contribution in [0.3, 0.4) is 0 Å². The van der Waals surface area contributed by atoms with Crippen molar-refractivity contribution in [1.29, 1.82) is 0 Å². The van der Waals surface area contributed by atoms with Gasteiger partial charge in [-0.05, 0) is 41.8 Å². The summed E-state index contributed by atoms with van der Waals surface area (Å²) in [6, 6.07) is 18.1. The fourth-order valence-corrected chi connectivity index (χ4v) is 3.85. The molecule has 0 bridgehead atoms.